The molecule has 2 unspecified atom stereocenters. The number of hydrogen-bond acceptors (Lipinski definition) is 4. The Hall–Kier alpha value is -1.92. The van der Waals surface area contributed by atoms with Gasteiger partial charge in [-0.15, -0.1) is 0 Å². The molecule has 0 spiro atoms. The summed E-state index contributed by atoms with van der Waals surface area (Å²) in [7, 11) is 0. The summed E-state index contributed by atoms with van der Waals surface area (Å²) in [4.78, 5) is 26.8. The van der Waals surface area contributed by atoms with Crippen molar-refractivity contribution in [2.24, 2.45) is 11.8 Å². The van der Waals surface area contributed by atoms with Crippen molar-refractivity contribution in [2.75, 3.05) is 6.54 Å². The van der Waals surface area contributed by atoms with Crippen LogP contribution in [0.3, 0.4) is 0 Å². The van der Waals surface area contributed by atoms with E-state index in [1.165, 1.54) is 6.33 Å². The number of carbonyl (C=O) groups excluding carboxylic acids is 1. The highest BCUT2D eigenvalue weighted by atomic mass is 16.4. The number of carbonyl (C=O) groups is 2. The second-order valence-corrected chi connectivity index (χ2v) is 4.46. The molecular formula is C11H16N4O3. The number of aromatic amines is 1. The fourth-order valence-electron chi connectivity index (χ4n) is 2.36. The lowest BCUT2D eigenvalue weighted by molar-refractivity contribution is -0.146. The Bertz CT molecular complexity index is 418. The number of hydrogen-bond donors (Lipinski definition) is 3. The van der Waals surface area contributed by atoms with E-state index >= 15 is 0 Å². The van der Waals surface area contributed by atoms with E-state index in [0.29, 0.717) is 31.6 Å². The van der Waals surface area contributed by atoms with E-state index in [1.807, 2.05) is 0 Å². The molecule has 7 nitrogen and oxygen atoms in total. The van der Waals surface area contributed by atoms with Crippen LogP contribution in [0.15, 0.2) is 6.33 Å². The number of aliphatic carboxylic acids is 1. The third-order valence-corrected chi connectivity index (χ3v) is 3.30. The summed E-state index contributed by atoms with van der Waals surface area (Å²) in [5.41, 5.74) is 0. The summed E-state index contributed by atoms with van der Waals surface area (Å²) >= 11 is 0. The number of H-pyrrole nitrogens is 1. The molecule has 1 aliphatic rings. The van der Waals surface area contributed by atoms with Crippen LogP contribution in [0.2, 0.25) is 0 Å². The first kappa shape index (κ1) is 12.5. The van der Waals surface area contributed by atoms with E-state index < -0.39 is 17.8 Å². The fraction of sp³-hybridized carbons (Fsp3) is 0.636. The van der Waals surface area contributed by atoms with Gasteiger partial charge in [-0.05, 0) is 12.8 Å². The summed E-state index contributed by atoms with van der Waals surface area (Å²) in [5.74, 6) is -1.26. The number of nitrogens with zero attached hydrogens (tertiary/aromatic N) is 2. The maximum Gasteiger partial charge on any atom is 0.307 e. The molecule has 1 heterocycles. The zero-order valence-corrected chi connectivity index (χ0v) is 9.93. The van der Waals surface area contributed by atoms with Crippen LogP contribution < -0.4 is 5.32 Å². The number of rotatable bonds is 5. The van der Waals surface area contributed by atoms with E-state index in [9.17, 15) is 9.59 Å². The Balaban J connectivity index is 1.79. The summed E-state index contributed by atoms with van der Waals surface area (Å²) in [6, 6.07) is 0. The predicted molar refractivity (Wildman–Crippen MR) is 61.6 cm³/mol. The van der Waals surface area contributed by atoms with Crippen molar-refractivity contribution < 1.29 is 14.7 Å². The topological polar surface area (TPSA) is 108 Å². The molecule has 18 heavy (non-hydrogen) atoms. The van der Waals surface area contributed by atoms with Gasteiger partial charge in [0.2, 0.25) is 5.91 Å². The van der Waals surface area contributed by atoms with Gasteiger partial charge in [0.05, 0.1) is 11.8 Å². The van der Waals surface area contributed by atoms with Crippen LogP contribution in [0.25, 0.3) is 0 Å². The van der Waals surface area contributed by atoms with Gasteiger partial charge in [-0.2, -0.15) is 5.10 Å². The van der Waals surface area contributed by atoms with Crippen LogP contribution in [-0.4, -0.2) is 38.7 Å². The van der Waals surface area contributed by atoms with Crippen molar-refractivity contribution in [3.63, 3.8) is 0 Å². The summed E-state index contributed by atoms with van der Waals surface area (Å²) in [6.45, 7) is 0.441. The highest BCUT2D eigenvalue weighted by Crippen LogP contribution is 2.31. The molecule has 0 radical (unpaired) electrons. The third kappa shape index (κ3) is 2.85. The van der Waals surface area contributed by atoms with Crippen molar-refractivity contribution in [1.29, 1.82) is 0 Å². The van der Waals surface area contributed by atoms with Gasteiger partial charge < -0.3 is 10.4 Å². The van der Waals surface area contributed by atoms with Crippen LogP contribution in [0, 0.1) is 11.8 Å². The number of carboxylic acids is 1. The lowest BCUT2D eigenvalue weighted by atomic mass is 9.95. The minimum atomic E-state index is -0.872. The molecule has 2 rings (SSSR count). The van der Waals surface area contributed by atoms with Crippen LogP contribution in [0.4, 0.5) is 0 Å². The van der Waals surface area contributed by atoms with Gasteiger partial charge in [0, 0.05) is 13.0 Å². The van der Waals surface area contributed by atoms with Crippen LogP contribution in [-0.2, 0) is 16.0 Å². The highest BCUT2D eigenvalue weighted by Gasteiger charge is 2.37. The predicted octanol–water partition coefficient (Wildman–Crippen LogP) is -0.0357. The monoisotopic (exact) mass is 252 g/mol. The molecule has 0 saturated heterocycles. The maximum absolute atomic E-state index is 11.9. The van der Waals surface area contributed by atoms with Crippen molar-refractivity contribution in [2.45, 2.75) is 25.7 Å². The Labute approximate surface area is 104 Å². The summed E-state index contributed by atoms with van der Waals surface area (Å²) in [6.07, 6.45) is 4.03. The summed E-state index contributed by atoms with van der Waals surface area (Å²) < 4.78 is 0. The average Bonchev–Trinajstić information content (AvgIpc) is 2.99. The number of carboxylic acid groups (broad SMARTS) is 1. The Kier molecular flexibility index (Phi) is 3.91. The number of aromatic nitrogens is 3. The molecule has 98 valence electrons. The van der Waals surface area contributed by atoms with Crippen LogP contribution >= 0.6 is 0 Å². The Morgan fingerprint density at radius 3 is 2.89 bits per heavy atom. The second kappa shape index (κ2) is 5.61. The molecule has 2 atom stereocenters. The van der Waals surface area contributed by atoms with E-state index in [1.54, 1.807) is 0 Å². The lowest BCUT2D eigenvalue weighted by Gasteiger charge is -2.15. The highest BCUT2D eigenvalue weighted by molar-refractivity contribution is 5.85. The Morgan fingerprint density at radius 1 is 1.44 bits per heavy atom. The largest absolute Gasteiger partial charge is 0.481 e. The molecule has 1 amide bonds. The van der Waals surface area contributed by atoms with E-state index in [4.69, 9.17) is 5.11 Å². The minimum absolute atomic E-state index is 0.167. The van der Waals surface area contributed by atoms with E-state index in [2.05, 4.69) is 20.5 Å². The summed E-state index contributed by atoms with van der Waals surface area (Å²) in [5, 5.41) is 18.2. The van der Waals surface area contributed by atoms with Crippen molar-refractivity contribution in [3.05, 3.63) is 12.2 Å². The number of amides is 1. The zero-order valence-electron chi connectivity index (χ0n) is 9.93. The molecule has 0 aliphatic heterocycles. The van der Waals surface area contributed by atoms with Crippen molar-refractivity contribution >= 4 is 11.9 Å². The van der Waals surface area contributed by atoms with Gasteiger partial charge in [-0.3, -0.25) is 14.7 Å². The Morgan fingerprint density at radius 2 is 2.22 bits per heavy atom. The van der Waals surface area contributed by atoms with Crippen LogP contribution in [0.5, 0.6) is 0 Å². The molecule has 3 N–H and O–H groups in total. The third-order valence-electron chi connectivity index (χ3n) is 3.30. The van der Waals surface area contributed by atoms with E-state index in [-0.39, 0.29) is 5.91 Å². The van der Waals surface area contributed by atoms with Crippen LogP contribution in [0.1, 0.15) is 25.1 Å². The lowest BCUT2D eigenvalue weighted by Crippen LogP contribution is -2.36. The van der Waals surface area contributed by atoms with Crippen molar-refractivity contribution in [1.82, 2.24) is 20.5 Å². The number of nitrogens with one attached hydrogen (secondary N) is 2. The quantitative estimate of drug-likeness (QED) is 0.681. The first-order chi connectivity index (χ1) is 8.68. The molecule has 1 aromatic heterocycles. The smallest absolute Gasteiger partial charge is 0.307 e. The molecule has 1 saturated carbocycles. The fourth-order valence-corrected chi connectivity index (χ4v) is 2.36. The van der Waals surface area contributed by atoms with Crippen molar-refractivity contribution in [3.8, 4) is 0 Å². The molecule has 0 bridgehead atoms. The maximum atomic E-state index is 11.9. The van der Waals surface area contributed by atoms with E-state index in [0.717, 1.165) is 6.42 Å². The van der Waals surface area contributed by atoms with Gasteiger partial charge in [-0.1, -0.05) is 6.42 Å². The standard InChI is InChI=1S/C11H16N4O3/c16-10(7-2-1-3-8(7)11(17)18)12-5-4-9-13-6-14-15-9/h6-8H,1-5H2,(H,12,16)(H,17,18)(H,13,14,15). The van der Waals surface area contributed by atoms with Gasteiger partial charge >= 0.3 is 5.97 Å². The van der Waals surface area contributed by atoms with Gasteiger partial charge in [0.15, 0.2) is 0 Å². The zero-order chi connectivity index (χ0) is 13.0. The van der Waals surface area contributed by atoms with Gasteiger partial charge in [0.1, 0.15) is 12.2 Å². The molecular weight excluding hydrogens is 236 g/mol. The minimum Gasteiger partial charge on any atom is -0.481 e. The normalized spacial score (nSPS) is 22.9. The first-order valence-electron chi connectivity index (χ1n) is 6.03. The second-order valence-electron chi connectivity index (χ2n) is 4.46. The van der Waals surface area contributed by atoms with Gasteiger partial charge in [0.25, 0.3) is 0 Å². The van der Waals surface area contributed by atoms with Gasteiger partial charge in [-0.25, -0.2) is 4.98 Å². The molecule has 1 aliphatic carbocycles. The first-order valence-corrected chi connectivity index (χ1v) is 6.03. The molecule has 7 heteroatoms. The SMILES string of the molecule is O=C(O)C1CCCC1C(=O)NCCc1ncn[nH]1. The average molecular weight is 252 g/mol. The molecule has 0 aromatic carbocycles. The molecule has 1 fully saturated rings. The molecule has 1 aromatic rings.